The van der Waals surface area contributed by atoms with Gasteiger partial charge in [-0.3, -0.25) is 0 Å². The highest BCUT2D eigenvalue weighted by Gasteiger charge is 2.13. The molecule has 0 amide bonds. The van der Waals surface area contributed by atoms with E-state index in [-0.39, 0.29) is 0 Å². The van der Waals surface area contributed by atoms with Gasteiger partial charge in [0.2, 0.25) is 0 Å². The smallest absolute Gasteiger partial charge is 0.0990 e. The Balaban J connectivity index is 1.97. The van der Waals surface area contributed by atoms with Crippen molar-refractivity contribution in [1.82, 2.24) is 0 Å². The van der Waals surface area contributed by atoms with Crippen molar-refractivity contribution in [3.05, 3.63) is 50.1 Å². The zero-order chi connectivity index (χ0) is 12.3. The van der Waals surface area contributed by atoms with Crippen molar-refractivity contribution >= 4 is 50.6 Å². The molecule has 0 spiro atoms. The van der Waals surface area contributed by atoms with Crippen molar-refractivity contribution < 1.29 is 5.11 Å². The lowest BCUT2D eigenvalue weighted by molar-refractivity contribution is 0.208. The van der Waals surface area contributed by atoms with Crippen LogP contribution in [0.4, 0.5) is 0 Å². The van der Waals surface area contributed by atoms with Crippen LogP contribution in [0.5, 0.6) is 0 Å². The van der Waals surface area contributed by atoms with E-state index >= 15 is 0 Å². The van der Waals surface area contributed by atoms with E-state index in [9.17, 15) is 5.11 Å². The summed E-state index contributed by atoms with van der Waals surface area (Å²) in [7, 11) is 0. The molecule has 1 N–H and O–H groups in total. The number of rotatable bonds is 4. The van der Waals surface area contributed by atoms with E-state index in [0.717, 1.165) is 14.2 Å². The summed E-state index contributed by atoms with van der Waals surface area (Å²) in [5, 5.41) is 12.6. The molecule has 0 bridgehead atoms. The third-order valence-corrected chi connectivity index (χ3v) is 5.17. The summed E-state index contributed by atoms with van der Waals surface area (Å²) in [5.74, 6) is 0.608. The SMILES string of the molecule is OC(CSc1cccc(Br)c1)c1sccc1Cl. The molecule has 90 valence electrons. The first-order chi connectivity index (χ1) is 8.16. The van der Waals surface area contributed by atoms with Crippen molar-refractivity contribution in [3.8, 4) is 0 Å². The molecule has 1 heterocycles. The molecule has 0 aliphatic heterocycles. The fraction of sp³-hybridized carbons (Fsp3) is 0.167. The van der Waals surface area contributed by atoms with E-state index < -0.39 is 6.10 Å². The second-order valence-electron chi connectivity index (χ2n) is 3.42. The van der Waals surface area contributed by atoms with Crippen LogP contribution in [-0.4, -0.2) is 10.9 Å². The van der Waals surface area contributed by atoms with Gasteiger partial charge in [0, 0.05) is 15.1 Å². The van der Waals surface area contributed by atoms with Crippen LogP contribution in [-0.2, 0) is 0 Å². The van der Waals surface area contributed by atoms with Crippen LogP contribution in [0.15, 0.2) is 45.1 Å². The quantitative estimate of drug-likeness (QED) is 0.785. The third-order valence-electron chi connectivity index (χ3n) is 2.15. The highest BCUT2D eigenvalue weighted by atomic mass is 79.9. The van der Waals surface area contributed by atoms with Gasteiger partial charge >= 0.3 is 0 Å². The standard InChI is InChI=1S/C12H10BrClOS2/c13-8-2-1-3-9(6-8)17-7-11(15)12-10(14)4-5-16-12/h1-6,11,15H,7H2. The molecular weight excluding hydrogens is 340 g/mol. The van der Waals surface area contributed by atoms with E-state index in [1.807, 2.05) is 35.7 Å². The molecule has 5 heteroatoms. The number of halogens is 2. The van der Waals surface area contributed by atoms with Crippen molar-refractivity contribution in [2.75, 3.05) is 5.75 Å². The molecular formula is C12H10BrClOS2. The number of benzene rings is 1. The van der Waals surface area contributed by atoms with Gasteiger partial charge in [0.1, 0.15) is 0 Å². The Morgan fingerprint density at radius 1 is 1.41 bits per heavy atom. The summed E-state index contributed by atoms with van der Waals surface area (Å²) >= 11 is 12.5. The number of hydrogen-bond acceptors (Lipinski definition) is 3. The summed E-state index contributed by atoms with van der Waals surface area (Å²) in [6, 6.07) is 9.84. The van der Waals surface area contributed by atoms with Gasteiger partial charge in [0.15, 0.2) is 0 Å². The first kappa shape index (κ1) is 13.4. The summed E-state index contributed by atoms with van der Waals surface area (Å²) in [5.41, 5.74) is 0. The van der Waals surface area contributed by atoms with Gasteiger partial charge in [-0.1, -0.05) is 33.6 Å². The molecule has 0 fully saturated rings. The van der Waals surface area contributed by atoms with Crippen molar-refractivity contribution in [1.29, 1.82) is 0 Å². The molecule has 0 saturated heterocycles. The van der Waals surface area contributed by atoms with Gasteiger partial charge in [-0.15, -0.1) is 23.1 Å². The molecule has 0 aliphatic carbocycles. The number of hydrogen-bond donors (Lipinski definition) is 1. The van der Waals surface area contributed by atoms with Gasteiger partial charge in [0.25, 0.3) is 0 Å². The molecule has 1 unspecified atom stereocenters. The first-order valence-corrected chi connectivity index (χ1v) is 8.00. The number of thioether (sulfide) groups is 1. The molecule has 0 aliphatic rings. The summed E-state index contributed by atoms with van der Waals surface area (Å²) in [6.45, 7) is 0. The normalized spacial score (nSPS) is 12.6. The Kier molecular flexibility index (Phi) is 4.94. The Morgan fingerprint density at radius 3 is 2.88 bits per heavy atom. The van der Waals surface area contributed by atoms with Crippen molar-refractivity contribution in [3.63, 3.8) is 0 Å². The number of aliphatic hydroxyl groups excluding tert-OH is 1. The van der Waals surface area contributed by atoms with Gasteiger partial charge in [-0.05, 0) is 29.6 Å². The minimum absolute atomic E-state index is 0.508. The predicted octanol–water partition coefficient (Wildman–Crippen LogP) is 4.99. The molecule has 0 radical (unpaired) electrons. The van der Waals surface area contributed by atoms with E-state index in [0.29, 0.717) is 10.8 Å². The van der Waals surface area contributed by atoms with E-state index in [2.05, 4.69) is 15.9 Å². The lowest BCUT2D eigenvalue weighted by Crippen LogP contribution is -1.98. The molecule has 1 aromatic heterocycles. The fourth-order valence-corrected chi connectivity index (χ4v) is 4.08. The van der Waals surface area contributed by atoms with E-state index in [4.69, 9.17) is 11.6 Å². The monoisotopic (exact) mass is 348 g/mol. The van der Waals surface area contributed by atoms with Crippen LogP contribution >= 0.6 is 50.6 Å². The highest BCUT2D eigenvalue weighted by Crippen LogP contribution is 2.32. The first-order valence-electron chi connectivity index (χ1n) is 4.96. The Morgan fingerprint density at radius 2 is 2.24 bits per heavy atom. The van der Waals surface area contributed by atoms with Crippen LogP contribution in [0.3, 0.4) is 0 Å². The molecule has 0 saturated carbocycles. The van der Waals surface area contributed by atoms with Gasteiger partial charge in [-0.2, -0.15) is 0 Å². The van der Waals surface area contributed by atoms with Crippen molar-refractivity contribution in [2.45, 2.75) is 11.0 Å². The molecule has 1 nitrogen and oxygen atoms in total. The van der Waals surface area contributed by atoms with Crippen LogP contribution in [0.1, 0.15) is 11.0 Å². The number of aliphatic hydroxyl groups is 1. The van der Waals surface area contributed by atoms with E-state index in [1.54, 1.807) is 11.8 Å². The maximum atomic E-state index is 10.0. The highest BCUT2D eigenvalue weighted by molar-refractivity contribution is 9.10. The fourth-order valence-electron chi connectivity index (χ4n) is 1.35. The molecule has 1 atom stereocenters. The molecule has 2 rings (SSSR count). The van der Waals surface area contributed by atoms with Crippen LogP contribution in [0.2, 0.25) is 5.02 Å². The second-order valence-corrected chi connectivity index (χ2v) is 6.78. The molecule has 1 aromatic carbocycles. The second kappa shape index (κ2) is 6.25. The average Bonchev–Trinajstić information content (AvgIpc) is 2.72. The lowest BCUT2D eigenvalue weighted by atomic mass is 10.3. The van der Waals surface area contributed by atoms with Crippen LogP contribution < -0.4 is 0 Å². The van der Waals surface area contributed by atoms with Crippen molar-refractivity contribution in [2.24, 2.45) is 0 Å². The lowest BCUT2D eigenvalue weighted by Gasteiger charge is -2.09. The minimum Gasteiger partial charge on any atom is -0.387 e. The largest absolute Gasteiger partial charge is 0.387 e. The zero-order valence-corrected chi connectivity index (χ0v) is 12.7. The van der Waals surface area contributed by atoms with Gasteiger partial charge < -0.3 is 5.11 Å². The average molecular weight is 350 g/mol. The van der Waals surface area contributed by atoms with Gasteiger partial charge in [0.05, 0.1) is 16.0 Å². The minimum atomic E-state index is -0.508. The topological polar surface area (TPSA) is 20.2 Å². The maximum Gasteiger partial charge on any atom is 0.0990 e. The van der Waals surface area contributed by atoms with Crippen LogP contribution in [0.25, 0.3) is 0 Å². The Hall–Kier alpha value is -0.0000000000000000555. The number of thiophene rings is 1. The predicted molar refractivity (Wildman–Crippen MR) is 79.2 cm³/mol. The molecule has 17 heavy (non-hydrogen) atoms. The summed E-state index contributed by atoms with van der Waals surface area (Å²) < 4.78 is 1.05. The molecule has 2 aromatic rings. The van der Waals surface area contributed by atoms with Crippen LogP contribution in [0, 0.1) is 0 Å². The third kappa shape index (κ3) is 3.73. The summed E-state index contributed by atoms with van der Waals surface area (Å²) in [4.78, 5) is 1.97. The Bertz CT molecular complexity index is 501. The summed E-state index contributed by atoms with van der Waals surface area (Å²) in [6.07, 6.45) is -0.508. The zero-order valence-electron chi connectivity index (χ0n) is 8.77. The maximum absolute atomic E-state index is 10.0. The Labute approximate surface area is 122 Å². The van der Waals surface area contributed by atoms with E-state index in [1.165, 1.54) is 11.3 Å². The van der Waals surface area contributed by atoms with Gasteiger partial charge in [-0.25, -0.2) is 0 Å².